The van der Waals surface area contributed by atoms with Gasteiger partial charge in [0, 0.05) is 11.4 Å². The first kappa shape index (κ1) is 12.0. The molecule has 2 heterocycles. The summed E-state index contributed by atoms with van der Waals surface area (Å²) < 4.78 is 10.6. The van der Waals surface area contributed by atoms with Crippen LogP contribution in [0.25, 0.3) is 0 Å². The lowest BCUT2D eigenvalue weighted by Gasteiger charge is -2.11. The Morgan fingerprint density at radius 2 is 2.21 bits per heavy atom. The van der Waals surface area contributed by atoms with Crippen molar-refractivity contribution in [2.75, 3.05) is 6.79 Å². The molecule has 1 unspecified atom stereocenters. The highest BCUT2D eigenvalue weighted by Crippen LogP contribution is 2.34. The van der Waals surface area contributed by atoms with Gasteiger partial charge in [0.05, 0.1) is 6.07 Å². The van der Waals surface area contributed by atoms with E-state index in [-0.39, 0.29) is 12.8 Å². The Balaban J connectivity index is 1.73. The van der Waals surface area contributed by atoms with Gasteiger partial charge in [-0.3, -0.25) is 5.32 Å². The van der Waals surface area contributed by atoms with Crippen molar-refractivity contribution in [3.8, 4) is 17.6 Å². The smallest absolute Gasteiger partial charge is 0.231 e. The van der Waals surface area contributed by atoms with Gasteiger partial charge in [-0.15, -0.1) is 11.3 Å². The zero-order valence-corrected chi connectivity index (χ0v) is 10.9. The summed E-state index contributed by atoms with van der Waals surface area (Å²) in [6, 6.07) is 11.6. The van der Waals surface area contributed by atoms with Crippen LogP contribution in [0.5, 0.6) is 11.5 Å². The molecule has 0 amide bonds. The molecule has 96 valence electrons. The number of nitrogens with zero attached hydrogens (tertiary/aromatic N) is 1. The van der Waals surface area contributed by atoms with Gasteiger partial charge in [-0.05, 0) is 29.1 Å². The summed E-state index contributed by atoms with van der Waals surface area (Å²) in [6.45, 7) is 0.933. The van der Waals surface area contributed by atoms with Crippen molar-refractivity contribution >= 4 is 11.3 Å². The molecule has 0 saturated carbocycles. The van der Waals surface area contributed by atoms with Crippen LogP contribution >= 0.6 is 11.3 Å². The molecular formula is C14H12N2O2S. The lowest BCUT2D eigenvalue weighted by Crippen LogP contribution is -2.18. The summed E-state index contributed by atoms with van der Waals surface area (Å²) in [4.78, 5) is 1.21. The van der Waals surface area contributed by atoms with E-state index in [2.05, 4.69) is 11.4 Å². The number of hydrogen-bond donors (Lipinski definition) is 1. The molecule has 0 fully saturated rings. The van der Waals surface area contributed by atoms with Crippen molar-refractivity contribution in [3.63, 3.8) is 0 Å². The van der Waals surface area contributed by atoms with Crippen LogP contribution in [0.1, 0.15) is 16.5 Å². The van der Waals surface area contributed by atoms with Gasteiger partial charge in [0.25, 0.3) is 0 Å². The fourth-order valence-corrected chi connectivity index (χ4v) is 2.60. The first-order valence-corrected chi connectivity index (χ1v) is 6.80. The molecule has 1 aliphatic heterocycles. The van der Waals surface area contributed by atoms with Crippen LogP contribution in [0.4, 0.5) is 0 Å². The van der Waals surface area contributed by atoms with Crippen LogP contribution in [0.3, 0.4) is 0 Å². The Kier molecular flexibility index (Phi) is 3.36. The minimum absolute atomic E-state index is 0.249. The zero-order chi connectivity index (χ0) is 13.1. The first-order valence-electron chi connectivity index (χ1n) is 5.92. The van der Waals surface area contributed by atoms with Crippen LogP contribution < -0.4 is 14.8 Å². The van der Waals surface area contributed by atoms with Crippen LogP contribution in [-0.2, 0) is 6.54 Å². The van der Waals surface area contributed by atoms with E-state index < -0.39 is 0 Å². The van der Waals surface area contributed by atoms with Crippen molar-refractivity contribution in [1.29, 1.82) is 5.26 Å². The number of rotatable bonds is 4. The van der Waals surface area contributed by atoms with E-state index in [1.54, 1.807) is 11.3 Å². The Hall–Kier alpha value is -2.03. The van der Waals surface area contributed by atoms with Gasteiger partial charge in [-0.25, -0.2) is 0 Å². The monoisotopic (exact) mass is 272 g/mol. The quantitative estimate of drug-likeness (QED) is 0.930. The topological polar surface area (TPSA) is 54.3 Å². The molecule has 4 nitrogen and oxygen atoms in total. The molecule has 1 aromatic heterocycles. The third-order valence-corrected chi connectivity index (χ3v) is 3.80. The van der Waals surface area contributed by atoms with Gasteiger partial charge in [0.15, 0.2) is 11.5 Å². The van der Waals surface area contributed by atoms with Crippen LogP contribution in [0, 0.1) is 11.3 Å². The highest BCUT2D eigenvalue weighted by Gasteiger charge is 2.17. The Morgan fingerprint density at radius 1 is 1.32 bits per heavy atom. The summed E-state index contributed by atoms with van der Waals surface area (Å²) in [7, 11) is 0. The zero-order valence-electron chi connectivity index (χ0n) is 10.1. The Bertz CT molecular complexity index is 604. The molecule has 0 radical (unpaired) electrons. The molecule has 1 N–H and O–H groups in total. The minimum atomic E-state index is -0.350. The van der Waals surface area contributed by atoms with Crippen LogP contribution in [-0.4, -0.2) is 6.79 Å². The highest BCUT2D eigenvalue weighted by molar-refractivity contribution is 7.09. The second kappa shape index (κ2) is 5.31. The minimum Gasteiger partial charge on any atom is -0.454 e. The van der Waals surface area contributed by atoms with Crippen molar-refractivity contribution in [2.24, 2.45) is 0 Å². The normalized spacial score (nSPS) is 14.1. The van der Waals surface area contributed by atoms with E-state index in [0.29, 0.717) is 12.3 Å². The average molecular weight is 272 g/mol. The van der Waals surface area contributed by atoms with Crippen LogP contribution in [0.2, 0.25) is 0 Å². The molecular weight excluding hydrogens is 260 g/mol. The maximum Gasteiger partial charge on any atom is 0.231 e. The second-order valence-electron chi connectivity index (χ2n) is 4.14. The summed E-state index contributed by atoms with van der Waals surface area (Å²) >= 11 is 1.67. The standard InChI is InChI=1S/C14H12N2O2S/c15-7-12(16-8-11-2-1-5-19-11)10-3-4-13-14(6-10)18-9-17-13/h1-6,12,16H,8-9H2. The van der Waals surface area contributed by atoms with E-state index in [0.717, 1.165) is 11.3 Å². The van der Waals surface area contributed by atoms with Gasteiger partial charge in [-0.1, -0.05) is 12.1 Å². The van der Waals surface area contributed by atoms with Gasteiger partial charge in [0.2, 0.25) is 6.79 Å². The molecule has 2 aromatic rings. The first-order chi connectivity index (χ1) is 9.36. The average Bonchev–Trinajstić information content (AvgIpc) is 3.09. The molecule has 0 bridgehead atoms. The molecule has 0 saturated heterocycles. The van der Waals surface area contributed by atoms with E-state index >= 15 is 0 Å². The fraction of sp³-hybridized carbons (Fsp3) is 0.214. The van der Waals surface area contributed by atoms with Gasteiger partial charge >= 0.3 is 0 Å². The number of nitriles is 1. The lowest BCUT2D eigenvalue weighted by atomic mass is 10.1. The third-order valence-electron chi connectivity index (χ3n) is 2.92. The number of benzene rings is 1. The molecule has 3 rings (SSSR count). The maximum absolute atomic E-state index is 9.28. The van der Waals surface area contributed by atoms with Crippen molar-refractivity contribution in [3.05, 3.63) is 46.2 Å². The number of nitrogens with one attached hydrogen (secondary N) is 1. The van der Waals surface area contributed by atoms with E-state index in [1.807, 2.05) is 35.7 Å². The van der Waals surface area contributed by atoms with Crippen molar-refractivity contribution in [2.45, 2.75) is 12.6 Å². The maximum atomic E-state index is 9.28. The third kappa shape index (κ3) is 2.55. The highest BCUT2D eigenvalue weighted by atomic mass is 32.1. The molecule has 0 spiro atoms. The molecule has 19 heavy (non-hydrogen) atoms. The van der Waals surface area contributed by atoms with Gasteiger partial charge in [-0.2, -0.15) is 5.26 Å². The second-order valence-corrected chi connectivity index (χ2v) is 5.17. The summed E-state index contributed by atoms with van der Waals surface area (Å²) in [6.07, 6.45) is 0. The molecule has 1 aromatic carbocycles. The number of ether oxygens (including phenoxy) is 2. The molecule has 0 aliphatic carbocycles. The Labute approximate surface area is 115 Å². The van der Waals surface area contributed by atoms with Crippen LogP contribution in [0.15, 0.2) is 35.7 Å². The molecule has 5 heteroatoms. The summed E-state index contributed by atoms with van der Waals surface area (Å²) in [5.74, 6) is 1.44. The lowest BCUT2D eigenvalue weighted by molar-refractivity contribution is 0.174. The number of fused-ring (bicyclic) bond motifs is 1. The number of hydrogen-bond acceptors (Lipinski definition) is 5. The van der Waals surface area contributed by atoms with Gasteiger partial charge < -0.3 is 9.47 Å². The number of thiophene rings is 1. The fourth-order valence-electron chi connectivity index (χ4n) is 1.95. The summed E-state index contributed by atoms with van der Waals surface area (Å²) in [5.41, 5.74) is 0.892. The molecule has 1 atom stereocenters. The summed E-state index contributed by atoms with van der Waals surface area (Å²) in [5, 5.41) is 14.5. The predicted octanol–water partition coefficient (Wildman–Crippen LogP) is 2.83. The predicted molar refractivity (Wildman–Crippen MR) is 72.1 cm³/mol. The van der Waals surface area contributed by atoms with E-state index in [9.17, 15) is 5.26 Å². The van der Waals surface area contributed by atoms with Crippen molar-refractivity contribution < 1.29 is 9.47 Å². The largest absolute Gasteiger partial charge is 0.454 e. The molecule has 1 aliphatic rings. The van der Waals surface area contributed by atoms with Gasteiger partial charge in [0.1, 0.15) is 6.04 Å². The van der Waals surface area contributed by atoms with E-state index in [4.69, 9.17) is 9.47 Å². The Morgan fingerprint density at radius 3 is 3.00 bits per heavy atom. The SMILES string of the molecule is N#CC(NCc1cccs1)c1ccc2c(c1)OCO2. The van der Waals surface area contributed by atoms with E-state index in [1.165, 1.54) is 4.88 Å². The van der Waals surface area contributed by atoms with Crippen molar-refractivity contribution in [1.82, 2.24) is 5.32 Å².